The van der Waals surface area contributed by atoms with Gasteiger partial charge in [0.25, 0.3) is 0 Å². The minimum atomic E-state index is -1.03. The van der Waals surface area contributed by atoms with Crippen molar-refractivity contribution < 1.29 is 28.8 Å². The Balaban J connectivity index is 2.17. The van der Waals surface area contributed by atoms with Crippen molar-refractivity contribution >= 4 is 5.97 Å². The van der Waals surface area contributed by atoms with Crippen LogP contribution in [0.2, 0.25) is 0 Å². The molecular formula is C12H14O6. The molecule has 1 aromatic carbocycles. The van der Waals surface area contributed by atoms with Gasteiger partial charge in [-0.05, 0) is 12.1 Å². The molecule has 6 heteroatoms. The van der Waals surface area contributed by atoms with Gasteiger partial charge in [0.05, 0.1) is 20.8 Å². The lowest BCUT2D eigenvalue weighted by atomic mass is 10.2. The van der Waals surface area contributed by atoms with Crippen LogP contribution in [0.4, 0.5) is 0 Å². The summed E-state index contributed by atoms with van der Waals surface area (Å²) in [6.07, 6.45) is -1.62. The largest absolute Gasteiger partial charge is 0.493 e. The van der Waals surface area contributed by atoms with E-state index in [1.807, 2.05) is 0 Å². The van der Waals surface area contributed by atoms with Gasteiger partial charge in [0.15, 0.2) is 23.9 Å². The summed E-state index contributed by atoms with van der Waals surface area (Å²) in [5.41, 5.74) is 0.691. The van der Waals surface area contributed by atoms with E-state index in [1.54, 1.807) is 25.3 Å². The SMILES string of the molecule is COc1ccc(C2OCC(C(=O)O)O2)cc1OC. The van der Waals surface area contributed by atoms with E-state index in [0.717, 1.165) is 0 Å². The summed E-state index contributed by atoms with van der Waals surface area (Å²) in [5, 5.41) is 8.81. The maximum absolute atomic E-state index is 10.8. The predicted octanol–water partition coefficient (Wildman–Crippen LogP) is 1.20. The monoisotopic (exact) mass is 254 g/mol. The first kappa shape index (κ1) is 12.7. The Labute approximate surface area is 104 Å². The number of hydrogen-bond donors (Lipinski definition) is 1. The van der Waals surface area contributed by atoms with Crippen LogP contribution < -0.4 is 9.47 Å². The van der Waals surface area contributed by atoms with E-state index in [-0.39, 0.29) is 6.61 Å². The van der Waals surface area contributed by atoms with Crippen molar-refractivity contribution in [1.82, 2.24) is 0 Å². The zero-order chi connectivity index (χ0) is 13.1. The first-order chi connectivity index (χ1) is 8.65. The molecule has 0 aromatic heterocycles. The molecule has 1 aliphatic rings. The van der Waals surface area contributed by atoms with Crippen LogP contribution in [-0.2, 0) is 14.3 Å². The lowest BCUT2D eigenvalue weighted by Gasteiger charge is -2.13. The van der Waals surface area contributed by atoms with Crippen LogP contribution in [0.3, 0.4) is 0 Å². The van der Waals surface area contributed by atoms with Gasteiger partial charge in [-0.3, -0.25) is 0 Å². The summed E-state index contributed by atoms with van der Waals surface area (Å²) in [6.45, 7) is 0.0361. The van der Waals surface area contributed by atoms with Crippen molar-refractivity contribution in [1.29, 1.82) is 0 Å². The van der Waals surface area contributed by atoms with Crippen LogP contribution in [0.25, 0.3) is 0 Å². The number of aliphatic carboxylic acids is 1. The topological polar surface area (TPSA) is 74.2 Å². The number of methoxy groups -OCH3 is 2. The highest BCUT2D eigenvalue weighted by Crippen LogP contribution is 2.34. The molecule has 0 aliphatic carbocycles. The van der Waals surface area contributed by atoms with Crippen molar-refractivity contribution in [3.05, 3.63) is 23.8 Å². The Morgan fingerprint density at radius 2 is 2.06 bits per heavy atom. The summed E-state index contributed by atoms with van der Waals surface area (Å²) in [6, 6.07) is 5.17. The molecule has 1 aromatic rings. The normalized spacial score (nSPS) is 22.8. The second-order valence-electron chi connectivity index (χ2n) is 3.74. The molecule has 0 saturated carbocycles. The predicted molar refractivity (Wildman–Crippen MR) is 60.7 cm³/mol. The number of benzene rings is 1. The van der Waals surface area contributed by atoms with Crippen molar-refractivity contribution in [2.24, 2.45) is 0 Å². The highest BCUT2D eigenvalue weighted by molar-refractivity contribution is 5.72. The summed E-state index contributed by atoms with van der Waals surface area (Å²) < 4.78 is 20.8. The van der Waals surface area contributed by atoms with Gasteiger partial charge in [-0.15, -0.1) is 0 Å². The second-order valence-corrected chi connectivity index (χ2v) is 3.74. The average Bonchev–Trinajstić information content (AvgIpc) is 2.87. The molecule has 18 heavy (non-hydrogen) atoms. The minimum Gasteiger partial charge on any atom is -0.493 e. The zero-order valence-corrected chi connectivity index (χ0v) is 10.1. The van der Waals surface area contributed by atoms with Crippen molar-refractivity contribution in [2.75, 3.05) is 20.8 Å². The Morgan fingerprint density at radius 3 is 2.61 bits per heavy atom. The zero-order valence-electron chi connectivity index (χ0n) is 10.1. The van der Waals surface area contributed by atoms with Gasteiger partial charge in [0.1, 0.15) is 0 Å². The van der Waals surface area contributed by atoms with E-state index in [9.17, 15) is 4.79 Å². The fourth-order valence-corrected chi connectivity index (χ4v) is 1.71. The average molecular weight is 254 g/mol. The van der Waals surface area contributed by atoms with E-state index >= 15 is 0 Å². The van der Waals surface area contributed by atoms with Crippen molar-refractivity contribution in [3.63, 3.8) is 0 Å². The van der Waals surface area contributed by atoms with E-state index in [4.69, 9.17) is 24.1 Å². The number of rotatable bonds is 4. The second kappa shape index (κ2) is 5.24. The molecule has 1 saturated heterocycles. The van der Waals surface area contributed by atoms with Crippen molar-refractivity contribution in [3.8, 4) is 11.5 Å². The third kappa shape index (κ3) is 2.39. The minimum absolute atomic E-state index is 0.0361. The fourth-order valence-electron chi connectivity index (χ4n) is 1.71. The lowest BCUT2D eigenvalue weighted by Crippen LogP contribution is -2.21. The number of carbonyl (C=O) groups is 1. The van der Waals surface area contributed by atoms with Gasteiger partial charge in [-0.25, -0.2) is 4.79 Å². The van der Waals surface area contributed by atoms with Gasteiger partial charge in [-0.2, -0.15) is 0 Å². The van der Waals surface area contributed by atoms with Crippen LogP contribution in [0, 0.1) is 0 Å². The van der Waals surface area contributed by atoms with Gasteiger partial charge in [0, 0.05) is 5.56 Å². The molecule has 98 valence electrons. The number of hydrogen-bond acceptors (Lipinski definition) is 5. The Morgan fingerprint density at radius 1 is 1.33 bits per heavy atom. The summed E-state index contributed by atoms with van der Waals surface area (Å²) in [4.78, 5) is 10.8. The number of ether oxygens (including phenoxy) is 4. The van der Waals surface area contributed by atoms with Gasteiger partial charge < -0.3 is 24.1 Å². The maximum atomic E-state index is 10.8. The molecule has 1 N–H and O–H groups in total. The molecule has 0 spiro atoms. The van der Waals surface area contributed by atoms with Crippen molar-refractivity contribution in [2.45, 2.75) is 12.4 Å². The first-order valence-electron chi connectivity index (χ1n) is 5.37. The van der Waals surface area contributed by atoms with E-state index in [2.05, 4.69) is 0 Å². The Bertz CT molecular complexity index is 444. The number of carboxylic acid groups (broad SMARTS) is 1. The number of carboxylic acids is 1. The van der Waals surface area contributed by atoms with Gasteiger partial charge in [-0.1, -0.05) is 6.07 Å². The Hall–Kier alpha value is -1.79. The molecule has 6 nitrogen and oxygen atoms in total. The molecule has 0 radical (unpaired) electrons. The molecule has 0 amide bonds. The molecular weight excluding hydrogens is 240 g/mol. The Kier molecular flexibility index (Phi) is 3.69. The molecule has 1 fully saturated rings. The van der Waals surface area contributed by atoms with Crippen LogP contribution >= 0.6 is 0 Å². The first-order valence-corrected chi connectivity index (χ1v) is 5.37. The standard InChI is InChI=1S/C12H14O6/c1-15-8-4-3-7(5-9(8)16-2)12-17-6-10(18-12)11(13)14/h3-5,10,12H,6H2,1-2H3,(H,13,14). The summed E-state index contributed by atoms with van der Waals surface area (Å²) in [5.74, 6) is 0.105. The molecule has 0 bridgehead atoms. The van der Waals surface area contributed by atoms with Crippen LogP contribution in [0.15, 0.2) is 18.2 Å². The highest BCUT2D eigenvalue weighted by Gasteiger charge is 2.32. The summed E-state index contributed by atoms with van der Waals surface area (Å²) >= 11 is 0. The third-order valence-electron chi connectivity index (χ3n) is 2.64. The van der Waals surface area contributed by atoms with E-state index in [1.165, 1.54) is 7.11 Å². The molecule has 2 atom stereocenters. The van der Waals surface area contributed by atoms with E-state index in [0.29, 0.717) is 17.1 Å². The quantitative estimate of drug-likeness (QED) is 0.870. The van der Waals surface area contributed by atoms with Gasteiger partial charge >= 0.3 is 5.97 Å². The third-order valence-corrected chi connectivity index (χ3v) is 2.64. The van der Waals surface area contributed by atoms with Gasteiger partial charge in [0.2, 0.25) is 0 Å². The van der Waals surface area contributed by atoms with Crippen LogP contribution in [0.5, 0.6) is 11.5 Å². The molecule has 1 aliphatic heterocycles. The molecule has 1 heterocycles. The fraction of sp³-hybridized carbons (Fsp3) is 0.417. The smallest absolute Gasteiger partial charge is 0.335 e. The van der Waals surface area contributed by atoms with Crippen LogP contribution in [-0.4, -0.2) is 38.0 Å². The van der Waals surface area contributed by atoms with E-state index < -0.39 is 18.4 Å². The highest BCUT2D eigenvalue weighted by atomic mass is 16.7. The molecule has 2 unspecified atom stereocenters. The summed E-state index contributed by atoms with van der Waals surface area (Å²) in [7, 11) is 3.07. The van der Waals surface area contributed by atoms with Crippen LogP contribution in [0.1, 0.15) is 11.9 Å². The lowest BCUT2D eigenvalue weighted by molar-refractivity contribution is -0.150. The molecule has 2 rings (SSSR count). The maximum Gasteiger partial charge on any atom is 0.335 e.